The van der Waals surface area contributed by atoms with Crippen LogP contribution in [0.25, 0.3) is 11.1 Å². The van der Waals surface area contributed by atoms with E-state index in [0.717, 1.165) is 42.7 Å². The zero-order valence-electron chi connectivity index (χ0n) is 18.3. The number of rotatable bonds is 10. The third kappa shape index (κ3) is 5.79. The van der Waals surface area contributed by atoms with Gasteiger partial charge in [-0.15, -0.1) is 0 Å². The standard InChI is InChI=1S/C27H32O3/c1-4-6-23-18-22(21-10-8-20(3)9-11-21)12-14-26(23)29-16-17-30-27-15-13-25(28)19-24(27)7-5-2/h8-15,18-19,28H,4-7,16-17H2,1-3H3. The van der Waals surface area contributed by atoms with Crippen LogP contribution in [0.4, 0.5) is 0 Å². The number of hydrogen-bond acceptors (Lipinski definition) is 3. The first-order valence-electron chi connectivity index (χ1n) is 10.9. The Labute approximate surface area is 180 Å². The highest BCUT2D eigenvalue weighted by Gasteiger charge is 2.08. The van der Waals surface area contributed by atoms with Crippen molar-refractivity contribution in [1.29, 1.82) is 0 Å². The van der Waals surface area contributed by atoms with Crippen molar-refractivity contribution in [3.63, 3.8) is 0 Å². The minimum Gasteiger partial charge on any atom is -0.508 e. The minimum absolute atomic E-state index is 0.278. The van der Waals surface area contributed by atoms with E-state index in [1.807, 2.05) is 6.07 Å². The van der Waals surface area contributed by atoms with Crippen LogP contribution < -0.4 is 9.47 Å². The predicted molar refractivity (Wildman–Crippen MR) is 124 cm³/mol. The van der Waals surface area contributed by atoms with Gasteiger partial charge in [-0.1, -0.05) is 62.6 Å². The molecule has 30 heavy (non-hydrogen) atoms. The topological polar surface area (TPSA) is 38.7 Å². The van der Waals surface area contributed by atoms with E-state index in [1.54, 1.807) is 12.1 Å². The van der Waals surface area contributed by atoms with Crippen LogP contribution in [0.3, 0.4) is 0 Å². The Kier molecular flexibility index (Phi) is 7.78. The maximum absolute atomic E-state index is 9.70. The molecule has 0 bridgehead atoms. The Hall–Kier alpha value is -2.94. The van der Waals surface area contributed by atoms with Gasteiger partial charge in [-0.2, -0.15) is 0 Å². The molecule has 3 nitrogen and oxygen atoms in total. The smallest absolute Gasteiger partial charge is 0.122 e. The molecule has 0 unspecified atom stereocenters. The average Bonchev–Trinajstić information content (AvgIpc) is 2.74. The molecule has 0 aliphatic heterocycles. The van der Waals surface area contributed by atoms with Gasteiger partial charge in [-0.25, -0.2) is 0 Å². The second kappa shape index (κ2) is 10.7. The molecule has 0 radical (unpaired) electrons. The normalized spacial score (nSPS) is 10.8. The number of phenols is 1. The molecule has 0 atom stereocenters. The summed E-state index contributed by atoms with van der Waals surface area (Å²) in [4.78, 5) is 0. The monoisotopic (exact) mass is 404 g/mol. The lowest BCUT2D eigenvalue weighted by atomic mass is 9.99. The summed E-state index contributed by atoms with van der Waals surface area (Å²) in [5, 5.41) is 9.70. The van der Waals surface area contributed by atoms with Crippen LogP contribution in [-0.2, 0) is 12.8 Å². The fourth-order valence-corrected chi connectivity index (χ4v) is 3.59. The molecular formula is C27H32O3. The van der Waals surface area contributed by atoms with Crippen LogP contribution in [0, 0.1) is 6.92 Å². The maximum atomic E-state index is 9.70. The molecule has 0 spiro atoms. The molecule has 3 aromatic rings. The highest BCUT2D eigenvalue weighted by atomic mass is 16.5. The van der Waals surface area contributed by atoms with Gasteiger partial charge in [0.1, 0.15) is 30.5 Å². The van der Waals surface area contributed by atoms with Gasteiger partial charge < -0.3 is 14.6 Å². The summed E-state index contributed by atoms with van der Waals surface area (Å²) in [6, 6.07) is 20.3. The van der Waals surface area contributed by atoms with Crippen molar-refractivity contribution >= 4 is 0 Å². The van der Waals surface area contributed by atoms with E-state index < -0.39 is 0 Å². The molecule has 1 N–H and O–H groups in total. The van der Waals surface area contributed by atoms with Gasteiger partial charge in [0.05, 0.1) is 0 Å². The van der Waals surface area contributed by atoms with Crippen LogP contribution >= 0.6 is 0 Å². The van der Waals surface area contributed by atoms with E-state index in [-0.39, 0.29) is 5.75 Å². The summed E-state index contributed by atoms with van der Waals surface area (Å²) in [5.41, 5.74) is 5.97. The summed E-state index contributed by atoms with van der Waals surface area (Å²) < 4.78 is 12.0. The summed E-state index contributed by atoms with van der Waals surface area (Å²) in [7, 11) is 0. The molecule has 0 aliphatic carbocycles. The SMILES string of the molecule is CCCc1cc(O)ccc1OCCOc1ccc(-c2ccc(C)cc2)cc1CCC. The second-order valence-corrected chi connectivity index (χ2v) is 7.68. The predicted octanol–water partition coefficient (Wildman–Crippen LogP) is 6.73. The average molecular weight is 405 g/mol. The van der Waals surface area contributed by atoms with Crippen LogP contribution in [-0.4, -0.2) is 18.3 Å². The van der Waals surface area contributed by atoms with E-state index in [2.05, 4.69) is 63.2 Å². The minimum atomic E-state index is 0.278. The summed E-state index contributed by atoms with van der Waals surface area (Å²) >= 11 is 0. The highest BCUT2D eigenvalue weighted by Crippen LogP contribution is 2.29. The molecule has 0 aliphatic rings. The lowest BCUT2D eigenvalue weighted by Crippen LogP contribution is -2.11. The summed E-state index contributed by atoms with van der Waals surface area (Å²) in [6.07, 6.45) is 3.93. The van der Waals surface area contributed by atoms with Gasteiger partial charge in [0.15, 0.2) is 0 Å². The molecule has 0 amide bonds. The van der Waals surface area contributed by atoms with Crippen molar-refractivity contribution in [2.24, 2.45) is 0 Å². The molecule has 3 aromatic carbocycles. The fourth-order valence-electron chi connectivity index (χ4n) is 3.59. The first-order valence-corrected chi connectivity index (χ1v) is 10.9. The second-order valence-electron chi connectivity index (χ2n) is 7.68. The van der Waals surface area contributed by atoms with Gasteiger partial charge in [0.25, 0.3) is 0 Å². The summed E-state index contributed by atoms with van der Waals surface area (Å²) in [6.45, 7) is 7.35. The molecule has 3 rings (SSSR count). The number of ether oxygens (including phenoxy) is 2. The molecule has 0 fully saturated rings. The van der Waals surface area contributed by atoms with Crippen LogP contribution in [0.2, 0.25) is 0 Å². The van der Waals surface area contributed by atoms with Gasteiger partial charge in [0.2, 0.25) is 0 Å². The molecular weight excluding hydrogens is 372 g/mol. The zero-order chi connectivity index (χ0) is 21.3. The van der Waals surface area contributed by atoms with Crippen molar-refractivity contribution in [3.05, 3.63) is 77.4 Å². The number of hydrogen-bond donors (Lipinski definition) is 1. The quantitative estimate of drug-likeness (QED) is 0.381. The Balaban J connectivity index is 1.64. The zero-order valence-corrected chi connectivity index (χ0v) is 18.3. The fraction of sp³-hybridized carbons (Fsp3) is 0.333. The Morgan fingerprint density at radius 1 is 0.667 bits per heavy atom. The Morgan fingerprint density at radius 2 is 1.20 bits per heavy atom. The van der Waals surface area contributed by atoms with Gasteiger partial charge in [-0.05, 0) is 72.4 Å². The van der Waals surface area contributed by atoms with Crippen molar-refractivity contribution in [3.8, 4) is 28.4 Å². The molecule has 0 saturated heterocycles. The van der Waals surface area contributed by atoms with Crippen molar-refractivity contribution in [2.75, 3.05) is 13.2 Å². The van der Waals surface area contributed by atoms with Gasteiger partial charge in [0, 0.05) is 0 Å². The lowest BCUT2D eigenvalue weighted by molar-refractivity contribution is 0.214. The number of aryl methyl sites for hydroxylation is 3. The Morgan fingerprint density at radius 3 is 1.80 bits per heavy atom. The first kappa shape index (κ1) is 21.8. The molecule has 158 valence electrons. The maximum Gasteiger partial charge on any atom is 0.122 e. The van der Waals surface area contributed by atoms with Crippen molar-refractivity contribution < 1.29 is 14.6 Å². The Bertz CT molecular complexity index is 945. The lowest BCUT2D eigenvalue weighted by Gasteiger charge is -2.15. The van der Waals surface area contributed by atoms with Crippen LogP contribution in [0.15, 0.2) is 60.7 Å². The molecule has 0 heterocycles. The number of benzene rings is 3. The van der Waals surface area contributed by atoms with E-state index in [9.17, 15) is 5.11 Å². The van der Waals surface area contributed by atoms with Crippen molar-refractivity contribution in [1.82, 2.24) is 0 Å². The largest absolute Gasteiger partial charge is 0.508 e. The van der Waals surface area contributed by atoms with Gasteiger partial charge in [-0.3, -0.25) is 0 Å². The third-order valence-corrected chi connectivity index (χ3v) is 5.13. The van der Waals surface area contributed by atoms with E-state index in [1.165, 1.54) is 22.3 Å². The number of aromatic hydroxyl groups is 1. The van der Waals surface area contributed by atoms with E-state index >= 15 is 0 Å². The van der Waals surface area contributed by atoms with Crippen LogP contribution in [0.1, 0.15) is 43.4 Å². The third-order valence-electron chi connectivity index (χ3n) is 5.13. The summed E-state index contributed by atoms with van der Waals surface area (Å²) in [5.74, 6) is 2.03. The first-order chi connectivity index (χ1) is 14.6. The van der Waals surface area contributed by atoms with Gasteiger partial charge >= 0.3 is 0 Å². The van der Waals surface area contributed by atoms with E-state index in [4.69, 9.17) is 9.47 Å². The molecule has 3 heteroatoms. The highest BCUT2D eigenvalue weighted by molar-refractivity contribution is 5.66. The molecule has 0 saturated carbocycles. The van der Waals surface area contributed by atoms with Crippen LogP contribution in [0.5, 0.6) is 17.2 Å². The van der Waals surface area contributed by atoms with Crippen molar-refractivity contribution in [2.45, 2.75) is 46.5 Å². The number of phenolic OH excluding ortho intramolecular Hbond substituents is 1. The molecule has 0 aromatic heterocycles. The van der Waals surface area contributed by atoms with E-state index in [0.29, 0.717) is 13.2 Å².